The van der Waals surface area contributed by atoms with E-state index in [-0.39, 0.29) is 12.2 Å². The zero-order chi connectivity index (χ0) is 13.9. The van der Waals surface area contributed by atoms with Gasteiger partial charge in [0, 0.05) is 0 Å². The van der Waals surface area contributed by atoms with Crippen LogP contribution in [0.15, 0.2) is 18.2 Å². The summed E-state index contributed by atoms with van der Waals surface area (Å²) in [6.45, 7) is 4.99. The number of fused-ring (bicyclic) bond motifs is 1. The first-order valence-corrected chi connectivity index (χ1v) is 7.71. The number of nitrogens with one attached hydrogen (secondary N) is 2. The Bertz CT molecular complexity index is 458. The van der Waals surface area contributed by atoms with E-state index >= 15 is 0 Å². The number of piperidine rings is 1. The van der Waals surface area contributed by atoms with Gasteiger partial charge >= 0.3 is 0 Å². The van der Waals surface area contributed by atoms with Crippen LogP contribution < -0.4 is 15.4 Å². The first-order valence-electron chi connectivity index (χ1n) is 7.71. The number of anilines is 1. The number of rotatable bonds is 3. The van der Waals surface area contributed by atoms with Crippen LogP contribution in [0.5, 0.6) is 5.75 Å². The van der Waals surface area contributed by atoms with E-state index in [4.69, 9.17) is 4.74 Å². The number of aliphatic hydroxyl groups is 1. The van der Waals surface area contributed by atoms with E-state index in [0.717, 1.165) is 55.9 Å². The van der Waals surface area contributed by atoms with E-state index in [9.17, 15) is 5.11 Å². The molecule has 0 amide bonds. The minimum atomic E-state index is -0.368. The summed E-state index contributed by atoms with van der Waals surface area (Å²) in [4.78, 5) is 0. The molecule has 2 unspecified atom stereocenters. The fourth-order valence-corrected chi connectivity index (χ4v) is 3.08. The highest BCUT2D eigenvalue weighted by Crippen LogP contribution is 2.35. The molecule has 3 rings (SSSR count). The molecule has 0 aromatic heterocycles. The Kier molecular flexibility index (Phi) is 4.13. The Labute approximate surface area is 120 Å². The van der Waals surface area contributed by atoms with Gasteiger partial charge in [0.05, 0.1) is 18.3 Å². The highest BCUT2D eigenvalue weighted by molar-refractivity contribution is 5.60. The van der Waals surface area contributed by atoms with E-state index in [1.807, 2.05) is 18.2 Å². The van der Waals surface area contributed by atoms with Crippen LogP contribution in [0, 0.1) is 5.92 Å². The lowest BCUT2D eigenvalue weighted by molar-refractivity contribution is 0.0888. The molecule has 2 heterocycles. The van der Waals surface area contributed by atoms with Crippen LogP contribution in [0.4, 0.5) is 5.69 Å². The fourth-order valence-electron chi connectivity index (χ4n) is 3.08. The van der Waals surface area contributed by atoms with Crippen molar-refractivity contribution in [2.75, 3.05) is 25.0 Å². The number of hydrogen-bond acceptors (Lipinski definition) is 4. The van der Waals surface area contributed by atoms with Crippen molar-refractivity contribution in [3.63, 3.8) is 0 Å². The molecule has 110 valence electrons. The summed E-state index contributed by atoms with van der Waals surface area (Å²) in [5, 5.41) is 17.3. The normalized spacial score (nSPS) is 24.4. The Hall–Kier alpha value is -1.26. The zero-order valence-electron chi connectivity index (χ0n) is 12.1. The van der Waals surface area contributed by atoms with Crippen molar-refractivity contribution in [3.05, 3.63) is 23.8 Å². The molecule has 0 bridgehead atoms. The Morgan fingerprint density at radius 1 is 1.35 bits per heavy atom. The molecule has 4 heteroatoms. The second kappa shape index (κ2) is 6.02. The SMILES string of the molecule is CCC1CNc2cc(C(O)C3CCNCC3)ccc2O1. The molecule has 1 aromatic rings. The van der Waals surface area contributed by atoms with Gasteiger partial charge in [-0.3, -0.25) is 0 Å². The Balaban J connectivity index is 1.75. The van der Waals surface area contributed by atoms with Gasteiger partial charge in [-0.15, -0.1) is 0 Å². The minimum Gasteiger partial charge on any atom is -0.486 e. The first-order chi connectivity index (χ1) is 9.78. The molecule has 1 fully saturated rings. The highest BCUT2D eigenvalue weighted by Gasteiger charge is 2.25. The molecule has 20 heavy (non-hydrogen) atoms. The van der Waals surface area contributed by atoms with Gasteiger partial charge in [0.2, 0.25) is 0 Å². The Morgan fingerprint density at radius 3 is 2.90 bits per heavy atom. The summed E-state index contributed by atoms with van der Waals surface area (Å²) >= 11 is 0. The third-order valence-corrected chi connectivity index (χ3v) is 4.44. The summed E-state index contributed by atoms with van der Waals surface area (Å²) in [5.41, 5.74) is 2.02. The van der Waals surface area contributed by atoms with Crippen LogP contribution >= 0.6 is 0 Å². The third-order valence-electron chi connectivity index (χ3n) is 4.44. The summed E-state index contributed by atoms with van der Waals surface area (Å²) in [6.07, 6.45) is 2.97. The van der Waals surface area contributed by atoms with Gasteiger partial charge in [-0.05, 0) is 56.0 Å². The average Bonchev–Trinajstić information content (AvgIpc) is 2.54. The summed E-state index contributed by atoms with van der Waals surface area (Å²) in [6, 6.07) is 6.04. The average molecular weight is 276 g/mol. The van der Waals surface area contributed by atoms with Crippen LogP contribution in [0.3, 0.4) is 0 Å². The second-order valence-electron chi connectivity index (χ2n) is 5.82. The van der Waals surface area contributed by atoms with E-state index < -0.39 is 0 Å². The molecule has 2 atom stereocenters. The molecular formula is C16H24N2O2. The lowest BCUT2D eigenvalue weighted by Gasteiger charge is -2.30. The first kappa shape index (κ1) is 13.7. The van der Waals surface area contributed by atoms with Crippen molar-refractivity contribution in [2.45, 2.75) is 38.4 Å². The predicted molar refractivity (Wildman–Crippen MR) is 80.2 cm³/mol. The topological polar surface area (TPSA) is 53.5 Å². The molecule has 1 saturated heterocycles. The molecule has 3 N–H and O–H groups in total. The molecule has 2 aliphatic rings. The van der Waals surface area contributed by atoms with Gasteiger partial charge in [-0.2, -0.15) is 0 Å². The quantitative estimate of drug-likeness (QED) is 0.793. The van der Waals surface area contributed by atoms with Crippen LogP contribution in [0.1, 0.15) is 37.9 Å². The lowest BCUT2D eigenvalue weighted by atomic mass is 9.88. The van der Waals surface area contributed by atoms with Gasteiger partial charge in [0.15, 0.2) is 0 Å². The number of hydrogen-bond donors (Lipinski definition) is 3. The molecule has 4 nitrogen and oxygen atoms in total. The molecular weight excluding hydrogens is 252 g/mol. The summed E-state index contributed by atoms with van der Waals surface area (Å²) in [7, 11) is 0. The van der Waals surface area contributed by atoms with Crippen molar-refractivity contribution >= 4 is 5.69 Å². The van der Waals surface area contributed by atoms with Crippen molar-refractivity contribution in [2.24, 2.45) is 5.92 Å². The van der Waals surface area contributed by atoms with Crippen molar-refractivity contribution in [1.82, 2.24) is 5.32 Å². The van der Waals surface area contributed by atoms with Gasteiger partial charge in [-0.25, -0.2) is 0 Å². The number of ether oxygens (including phenoxy) is 1. The maximum Gasteiger partial charge on any atom is 0.142 e. The summed E-state index contributed by atoms with van der Waals surface area (Å²) in [5.74, 6) is 1.27. The molecule has 2 aliphatic heterocycles. The maximum absolute atomic E-state index is 10.5. The Morgan fingerprint density at radius 2 is 2.15 bits per heavy atom. The molecule has 0 radical (unpaired) electrons. The van der Waals surface area contributed by atoms with E-state index in [1.54, 1.807) is 0 Å². The standard InChI is InChI=1S/C16H24N2O2/c1-2-13-10-18-14-9-12(3-4-15(14)20-13)16(19)11-5-7-17-8-6-11/h3-4,9,11,13,16-19H,2,5-8,10H2,1H3. The smallest absolute Gasteiger partial charge is 0.142 e. The largest absolute Gasteiger partial charge is 0.486 e. The summed E-state index contributed by atoms with van der Waals surface area (Å²) < 4.78 is 5.91. The fraction of sp³-hybridized carbons (Fsp3) is 0.625. The third kappa shape index (κ3) is 2.76. The monoisotopic (exact) mass is 276 g/mol. The number of benzene rings is 1. The van der Waals surface area contributed by atoms with Gasteiger partial charge in [0.1, 0.15) is 11.9 Å². The molecule has 0 spiro atoms. The van der Waals surface area contributed by atoms with Gasteiger partial charge in [-0.1, -0.05) is 13.0 Å². The van der Waals surface area contributed by atoms with Gasteiger partial charge in [0.25, 0.3) is 0 Å². The predicted octanol–water partition coefficient (Wildman–Crippen LogP) is 2.30. The van der Waals surface area contributed by atoms with E-state index in [0.29, 0.717) is 5.92 Å². The molecule has 1 aromatic carbocycles. The highest BCUT2D eigenvalue weighted by atomic mass is 16.5. The molecule has 0 aliphatic carbocycles. The van der Waals surface area contributed by atoms with Crippen molar-refractivity contribution in [1.29, 1.82) is 0 Å². The number of aliphatic hydroxyl groups excluding tert-OH is 1. The van der Waals surface area contributed by atoms with E-state index in [2.05, 4.69) is 17.6 Å². The minimum absolute atomic E-state index is 0.252. The second-order valence-corrected chi connectivity index (χ2v) is 5.82. The zero-order valence-corrected chi connectivity index (χ0v) is 12.1. The van der Waals surface area contributed by atoms with Crippen molar-refractivity contribution in [3.8, 4) is 5.75 Å². The van der Waals surface area contributed by atoms with Crippen LogP contribution in [-0.4, -0.2) is 30.8 Å². The van der Waals surface area contributed by atoms with Gasteiger partial charge < -0.3 is 20.5 Å². The lowest BCUT2D eigenvalue weighted by Crippen LogP contribution is -2.31. The van der Waals surface area contributed by atoms with Crippen LogP contribution in [0.2, 0.25) is 0 Å². The van der Waals surface area contributed by atoms with E-state index in [1.165, 1.54) is 0 Å². The maximum atomic E-state index is 10.5. The van der Waals surface area contributed by atoms with Crippen LogP contribution in [-0.2, 0) is 0 Å². The van der Waals surface area contributed by atoms with Crippen molar-refractivity contribution < 1.29 is 9.84 Å². The molecule has 0 saturated carbocycles. The van der Waals surface area contributed by atoms with Crippen LogP contribution in [0.25, 0.3) is 0 Å².